The molecule has 0 bridgehead atoms. The van der Waals surface area contributed by atoms with Crippen molar-refractivity contribution in [3.8, 4) is 16.5 Å². The second-order valence-electron chi connectivity index (χ2n) is 10.8. The second kappa shape index (κ2) is 9.32. The Balaban J connectivity index is 1.68. The molecule has 5 rings (SSSR count). The minimum Gasteiger partial charge on any atom is -0.310 e. The largest absolute Gasteiger partial charge is 0.310 e. The first-order valence-electron chi connectivity index (χ1n) is 12.8. The lowest BCUT2D eigenvalue weighted by atomic mass is 9.82. The van der Waals surface area contributed by atoms with Crippen molar-refractivity contribution >= 4 is 34.5 Å². The first kappa shape index (κ1) is 25.5. The molecule has 0 atom stereocenters. The van der Waals surface area contributed by atoms with Gasteiger partial charge in [0, 0.05) is 32.2 Å². The quantitative estimate of drug-likeness (QED) is 0.201. The van der Waals surface area contributed by atoms with E-state index in [9.17, 15) is 5.26 Å². The summed E-state index contributed by atoms with van der Waals surface area (Å²) in [4.78, 5) is 7.89. The SMILES string of the molecule is [C-]#[N+]/C(C#N)=C\c1cc2c(s1)-c1ccc(N(c3ccc(C)c(C)c3)c3cc(C)c(C)c(C)c3)cc1C2(C)C. The van der Waals surface area contributed by atoms with Crippen LogP contribution >= 0.6 is 11.3 Å². The molecule has 4 aromatic rings. The van der Waals surface area contributed by atoms with Crippen LogP contribution in [0.5, 0.6) is 0 Å². The van der Waals surface area contributed by atoms with Crippen molar-refractivity contribution in [3.05, 3.63) is 116 Å². The first-order valence-corrected chi connectivity index (χ1v) is 13.6. The van der Waals surface area contributed by atoms with Gasteiger partial charge in [-0.05, 0) is 128 Å². The number of allylic oxidation sites excluding steroid dienone is 1. The highest BCUT2D eigenvalue weighted by atomic mass is 32.1. The van der Waals surface area contributed by atoms with Crippen LogP contribution in [0, 0.1) is 52.5 Å². The number of fused-ring (bicyclic) bond motifs is 3. The third kappa shape index (κ3) is 4.12. The lowest BCUT2D eigenvalue weighted by molar-refractivity contribution is 0.662. The third-order valence-electron chi connectivity index (χ3n) is 8.04. The van der Waals surface area contributed by atoms with Crippen molar-refractivity contribution in [1.82, 2.24) is 0 Å². The van der Waals surface area contributed by atoms with Crippen molar-refractivity contribution in [1.29, 1.82) is 5.26 Å². The zero-order valence-corrected chi connectivity index (χ0v) is 23.8. The summed E-state index contributed by atoms with van der Waals surface area (Å²) < 4.78 is 0. The van der Waals surface area contributed by atoms with Gasteiger partial charge in [-0.25, -0.2) is 10.1 Å². The van der Waals surface area contributed by atoms with Crippen LogP contribution in [-0.2, 0) is 5.41 Å². The van der Waals surface area contributed by atoms with Crippen molar-refractivity contribution in [2.75, 3.05) is 4.90 Å². The molecule has 1 aliphatic carbocycles. The average molecular weight is 514 g/mol. The van der Waals surface area contributed by atoms with Gasteiger partial charge in [0.05, 0.1) is 12.6 Å². The fraction of sp³-hybridized carbons (Fsp3) is 0.235. The summed E-state index contributed by atoms with van der Waals surface area (Å²) in [6, 6.07) is 22.2. The summed E-state index contributed by atoms with van der Waals surface area (Å²) in [5.41, 5.74) is 13.6. The molecular weight excluding hydrogens is 482 g/mol. The topological polar surface area (TPSA) is 31.4 Å². The van der Waals surface area contributed by atoms with E-state index in [4.69, 9.17) is 6.57 Å². The van der Waals surface area contributed by atoms with E-state index in [1.54, 1.807) is 17.4 Å². The van der Waals surface area contributed by atoms with Crippen molar-refractivity contribution < 1.29 is 0 Å². The number of hydrogen-bond acceptors (Lipinski definition) is 3. The standard InChI is InChI=1S/C34H31N3S/c1-20-9-10-26(13-21(20)2)37(28-14-22(3)24(5)23(4)15-28)27-11-12-30-31(17-27)34(6,7)32-18-29(38-33(30)32)16-25(19-35)36-8/h9-18H,1-7H3/b25-16-. The Hall–Kier alpha value is -4.12. The Morgan fingerprint density at radius 1 is 0.842 bits per heavy atom. The van der Waals surface area contributed by atoms with Gasteiger partial charge in [0.1, 0.15) is 0 Å². The van der Waals surface area contributed by atoms with Crippen LogP contribution in [0.2, 0.25) is 0 Å². The summed E-state index contributed by atoms with van der Waals surface area (Å²) in [6.45, 7) is 22.6. The molecule has 0 unspecified atom stereocenters. The summed E-state index contributed by atoms with van der Waals surface area (Å²) >= 11 is 1.66. The van der Waals surface area contributed by atoms with E-state index in [0.717, 1.165) is 21.9 Å². The van der Waals surface area contributed by atoms with Gasteiger partial charge in [0.25, 0.3) is 5.70 Å². The summed E-state index contributed by atoms with van der Waals surface area (Å²) in [5.74, 6) is 0. The maximum atomic E-state index is 9.22. The predicted molar refractivity (Wildman–Crippen MR) is 160 cm³/mol. The Labute approximate surface area is 230 Å². The van der Waals surface area contributed by atoms with Gasteiger partial charge in [-0.15, -0.1) is 11.3 Å². The van der Waals surface area contributed by atoms with E-state index in [1.807, 2.05) is 6.07 Å². The van der Waals surface area contributed by atoms with Gasteiger partial charge in [0.2, 0.25) is 0 Å². The molecule has 0 radical (unpaired) electrons. The lowest BCUT2D eigenvalue weighted by Gasteiger charge is -2.29. The highest BCUT2D eigenvalue weighted by molar-refractivity contribution is 7.16. The van der Waals surface area contributed by atoms with Crippen molar-refractivity contribution in [2.45, 2.75) is 53.9 Å². The molecule has 0 aliphatic heterocycles. The van der Waals surface area contributed by atoms with Crippen LogP contribution in [0.3, 0.4) is 0 Å². The number of rotatable bonds is 4. The number of benzene rings is 3. The number of hydrogen-bond donors (Lipinski definition) is 0. The van der Waals surface area contributed by atoms with Crippen molar-refractivity contribution in [2.24, 2.45) is 0 Å². The Kier molecular flexibility index (Phi) is 6.26. The molecule has 0 N–H and O–H groups in total. The smallest absolute Gasteiger partial charge is 0.263 e. The molecule has 0 saturated heterocycles. The highest BCUT2D eigenvalue weighted by Crippen LogP contribution is 2.54. The summed E-state index contributed by atoms with van der Waals surface area (Å²) in [6.07, 6.45) is 1.70. The van der Waals surface area contributed by atoms with E-state index in [-0.39, 0.29) is 11.1 Å². The maximum absolute atomic E-state index is 9.22. The van der Waals surface area contributed by atoms with Crippen LogP contribution in [0.4, 0.5) is 17.1 Å². The minimum absolute atomic E-state index is 0.117. The lowest BCUT2D eigenvalue weighted by Crippen LogP contribution is -2.16. The highest BCUT2D eigenvalue weighted by Gasteiger charge is 2.38. The molecule has 0 fully saturated rings. The molecule has 188 valence electrons. The van der Waals surface area contributed by atoms with Gasteiger partial charge >= 0.3 is 0 Å². The average Bonchev–Trinajstić information content (AvgIpc) is 3.40. The third-order valence-corrected chi connectivity index (χ3v) is 9.15. The molecule has 1 aromatic heterocycles. The van der Waals surface area contributed by atoms with Gasteiger partial charge < -0.3 is 4.90 Å². The number of nitriles is 1. The fourth-order valence-corrected chi connectivity index (χ4v) is 6.65. The Bertz CT molecular complexity index is 1680. The normalized spacial score (nSPS) is 13.4. The predicted octanol–water partition coefficient (Wildman–Crippen LogP) is 9.85. The molecule has 3 nitrogen and oxygen atoms in total. The molecule has 3 aromatic carbocycles. The van der Waals surface area contributed by atoms with E-state index in [1.165, 1.54) is 49.4 Å². The van der Waals surface area contributed by atoms with Crippen LogP contribution in [0.15, 0.2) is 60.3 Å². The van der Waals surface area contributed by atoms with Gasteiger partial charge in [-0.3, -0.25) is 0 Å². The number of anilines is 3. The molecular formula is C34H31N3S. The van der Waals surface area contributed by atoms with Crippen molar-refractivity contribution in [3.63, 3.8) is 0 Å². The van der Waals surface area contributed by atoms with Crippen LogP contribution < -0.4 is 4.90 Å². The fourth-order valence-electron chi connectivity index (χ4n) is 5.36. The first-order chi connectivity index (χ1) is 18.0. The molecule has 0 amide bonds. The molecule has 1 aliphatic rings. The summed E-state index contributed by atoms with van der Waals surface area (Å²) in [7, 11) is 0. The van der Waals surface area contributed by atoms with E-state index in [2.05, 4.69) is 113 Å². The van der Waals surface area contributed by atoms with E-state index < -0.39 is 0 Å². The van der Waals surface area contributed by atoms with Crippen LogP contribution in [0.25, 0.3) is 21.4 Å². The molecule has 0 spiro atoms. The molecule has 0 saturated carbocycles. The summed E-state index contributed by atoms with van der Waals surface area (Å²) in [5, 5.41) is 9.22. The monoisotopic (exact) mass is 513 g/mol. The van der Waals surface area contributed by atoms with E-state index >= 15 is 0 Å². The van der Waals surface area contributed by atoms with Crippen LogP contribution in [-0.4, -0.2) is 0 Å². The number of thiophene rings is 1. The van der Waals surface area contributed by atoms with Gasteiger partial charge in [-0.2, -0.15) is 0 Å². The molecule has 38 heavy (non-hydrogen) atoms. The Morgan fingerprint density at radius 3 is 2.11 bits per heavy atom. The zero-order chi connectivity index (χ0) is 27.4. The van der Waals surface area contributed by atoms with Gasteiger partial charge in [0.15, 0.2) is 0 Å². The van der Waals surface area contributed by atoms with E-state index in [0.29, 0.717) is 0 Å². The zero-order valence-electron chi connectivity index (χ0n) is 23.0. The maximum Gasteiger partial charge on any atom is 0.263 e. The number of nitrogens with zero attached hydrogens (tertiary/aromatic N) is 3. The number of aryl methyl sites for hydroxylation is 4. The minimum atomic E-state index is -0.192. The Morgan fingerprint density at radius 2 is 1.47 bits per heavy atom. The second-order valence-corrected chi connectivity index (χ2v) is 11.9. The van der Waals surface area contributed by atoms with Crippen LogP contribution in [0.1, 0.15) is 57.7 Å². The molecule has 4 heteroatoms. The molecule has 1 heterocycles. The van der Waals surface area contributed by atoms with Gasteiger partial charge in [-0.1, -0.05) is 26.0 Å².